The molecule has 0 radical (unpaired) electrons. The van der Waals surface area contributed by atoms with E-state index in [0.717, 1.165) is 12.2 Å². The van der Waals surface area contributed by atoms with E-state index in [1.807, 2.05) is 17.8 Å². The van der Waals surface area contributed by atoms with Crippen LogP contribution in [0.15, 0.2) is 46.7 Å². The van der Waals surface area contributed by atoms with Crippen molar-refractivity contribution in [2.24, 2.45) is 0 Å². The summed E-state index contributed by atoms with van der Waals surface area (Å²) in [5.41, 5.74) is 0.339. The predicted molar refractivity (Wildman–Crippen MR) is 101 cm³/mol. The fourth-order valence-corrected chi connectivity index (χ4v) is 6.53. The summed E-state index contributed by atoms with van der Waals surface area (Å²) in [6.45, 7) is 0.990. The number of ether oxygens (including phenoxy) is 1. The molecule has 3 rings (SSSR count). The van der Waals surface area contributed by atoms with E-state index in [1.54, 1.807) is 15.6 Å². The predicted octanol–water partition coefficient (Wildman–Crippen LogP) is 3.40. The number of esters is 1. The molecule has 1 aliphatic heterocycles. The molecule has 0 saturated carbocycles. The lowest BCUT2D eigenvalue weighted by Gasteiger charge is -2.20. The van der Waals surface area contributed by atoms with Crippen LogP contribution in [0.25, 0.3) is 0 Å². The average molecular weight is 398 g/mol. The van der Waals surface area contributed by atoms with E-state index in [-0.39, 0.29) is 4.90 Å². The van der Waals surface area contributed by atoms with Gasteiger partial charge in [0.25, 0.3) is 0 Å². The fraction of sp³-hybridized carbons (Fsp3) is 0.353. The standard InChI is InChI=1S/C17H19NO4S3/c1-22-17(19)13-4-6-14(7-5-13)25(20,21)18-9-8-16(24-12-10-18)15-3-2-11-23-15/h2-7,11,16H,8-10,12H2,1H3/t16-/m0/s1. The van der Waals surface area contributed by atoms with Crippen LogP contribution in [-0.4, -0.2) is 44.6 Å². The van der Waals surface area contributed by atoms with Crippen molar-refractivity contribution in [2.45, 2.75) is 16.6 Å². The molecule has 1 aromatic carbocycles. The molecule has 1 atom stereocenters. The van der Waals surface area contributed by atoms with Crippen molar-refractivity contribution in [1.82, 2.24) is 4.31 Å². The van der Waals surface area contributed by atoms with Gasteiger partial charge in [0, 0.05) is 29.0 Å². The second-order valence-corrected chi connectivity index (χ2v) is 9.81. The van der Waals surface area contributed by atoms with Gasteiger partial charge in [-0.05, 0) is 42.1 Å². The van der Waals surface area contributed by atoms with E-state index < -0.39 is 16.0 Å². The third-order valence-electron chi connectivity index (χ3n) is 4.07. The van der Waals surface area contributed by atoms with E-state index >= 15 is 0 Å². The van der Waals surface area contributed by atoms with Crippen molar-refractivity contribution < 1.29 is 17.9 Å². The van der Waals surface area contributed by atoms with Crippen molar-refractivity contribution in [3.8, 4) is 0 Å². The van der Waals surface area contributed by atoms with Gasteiger partial charge < -0.3 is 4.74 Å². The highest BCUT2D eigenvalue weighted by molar-refractivity contribution is 7.99. The number of sulfonamides is 1. The third kappa shape index (κ3) is 4.08. The lowest BCUT2D eigenvalue weighted by molar-refractivity contribution is 0.0600. The van der Waals surface area contributed by atoms with Gasteiger partial charge in [-0.25, -0.2) is 13.2 Å². The van der Waals surface area contributed by atoms with E-state index in [9.17, 15) is 13.2 Å². The molecule has 25 heavy (non-hydrogen) atoms. The molecule has 0 aliphatic carbocycles. The molecule has 2 aromatic rings. The summed E-state index contributed by atoms with van der Waals surface area (Å²) in [5.74, 6) is 0.288. The minimum absolute atomic E-state index is 0.208. The second kappa shape index (κ2) is 7.90. The Bertz CT molecular complexity index is 816. The topological polar surface area (TPSA) is 63.7 Å². The average Bonchev–Trinajstić information content (AvgIpc) is 3.05. The van der Waals surface area contributed by atoms with Crippen molar-refractivity contribution in [3.63, 3.8) is 0 Å². The van der Waals surface area contributed by atoms with Crippen LogP contribution in [0.2, 0.25) is 0 Å². The molecular formula is C17H19NO4S3. The summed E-state index contributed by atoms with van der Waals surface area (Å²) >= 11 is 3.53. The van der Waals surface area contributed by atoms with Gasteiger partial charge in [-0.1, -0.05) is 6.07 Å². The lowest BCUT2D eigenvalue weighted by atomic mass is 10.2. The fourth-order valence-electron chi connectivity index (χ4n) is 2.72. The molecule has 5 nitrogen and oxygen atoms in total. The molecule has 1 fully saturated rings. The Kier molecular flexibility index (Phi) is 5.83. The third-order valence-corrected chi connectivity index (χ3v) is 8.43. The van der Waals surface area contributed by atoms with Crippen molar-refractivity contribution in [1.29, 1.82) is 0 Å². The number of hydrogen-bond acceptors (Lipinski definition) is 6. The highest BCUT2D eigenvalue weighted by Gasteiger charge is 2.28. The molecule has 0 amide bonds. The second-order valence-electron chi connectivity index (χ2n) is 5.58. The number of thiophene rings is 1. The molecule has 1 saturated heterocycles. The van der Waals surface area contributed by atoms with Gasteiger partial charge in [0.2, 0.25) is 10.0 Å². The molecular weight excluding hydrogens is 378 g/mol. The molecule has 1 aliphatic rings. The minimum Gasteiger partial charge on any atom is -0.465 e. The molecule has 0 bridgehead atoms. The summed E-state index contributed by atoms with van der Waals surface area (Å²) in [6, 6.07) is 10.0. The van der Waals surface area contributed by atoms with Gasteiger partial charge in [0.15, 0.2) is 0 Å². The van der Waals surface area contributed by atoms with Crippen molar-refractivity contribution in [3.05, 3.63) is 52.2 Å². The minimum atomic E-state index is -3.56. The number of thioether (sulfide) groups is 1. The largest absolute Gasteiger partial charge is 0.465 e. The monoisotopic (exact) mass is 397 g/mol. The zero-order valence-corrected chi connectivity index (χ0v) is 16.2. The summed E-state index contributed by atoms with van der Waals surface area (Å²) in [7, 11) is -2.26. The number of carbonyl (C=O) groups is 1. The lowest BCUT2D eigenvalue weighted by Crippen LogP contribution is -2.33. The summed E-state index contributed by atoms with van der Waals surface area (Å²) in [5, 5.41) is 2.40. The quantitative estimate of drug-likeness (QED) is 0.740. The molecule has 0 spiro atoms. The maximum absolute atomic E-state index is 12.9. The maximum Gasteiger partial charge on any atom is 0.337 e. The van der Waals surface area contributed by atoms with Crippen molar-refractivity contribution >= 4 is 39.1 Å². The van der Waals surface area contributed by atoms with Crippen LogP contribution in [0.1, 0.15) is 26.9 Å². The summed E-state index contributed by atoms with van der Waals surface area (Å²) < 4.78 is 32.0. The van der Waals surface area contributed by atoms with Crippen LogP contribution in [0, 0.1) is 0 Å². The van der Waals surface area contributed by atoms with Gasteiger partial charge in [0.1, 0.15) is 0 Å². The zero-order chi connectivity index (χ0) is 17.9. The van der Waals surface area contributed by atoms with E-state index in [2.05, 4.69) is 16.2 Å². The Morgan fingerprint density at radius 3 is 2.60 bits per heavy atom. The summed E-state index contributed by atoms with van der Waals surface area (Å²) in [6.07, 6.45) is 0.796. The number of methoxy groups -OCH3 is 1. The van der Waals surface area contributed by atoms with Crippen LogP contribution in [0.4, 0.5) is 0 Å². The smallest absolute Gasteiger partial charge is 0.337 e. The van der Waals surface area contributed by atoms with Gasteiger partial charge in [-0.2, -0.15) is 16.1 Å². The van der Waals surface area contributed by atoms with Crippen LogP contribution in [0.5, 0.6) is 0 Å². The van der Waals surface area contributed by atoms with E-state index in [1.165, 1.54) is 36.3 Å². The Hall–Kier alpha value is -1.35. The summed E-state index contributed by atoms with van der Waals surface area (Å²) in [4.78, 5) is 13.0. The van der Waals surface area contributed by atoms with Crippen molar-refractivity contribution in [2.75, 3.05) is 26.0 Å². The Balaban J connectivity index is 1.74. The number of nitrogens with zero attached hydrogens (tertiary/aromatic N) is 1. The zero-order valence-electron chi connectivity index (χ0n) is 13.8. The first-order valence-corrected chi connectivity index (χ1v) is 11.2. The normalized spacial score (nSPS) is 19.3. The van der Waals surface area contributed by atoms with Crippen LogP contribution < -0.4 is 0 Å². The van der Waals surface area contributed by atoms with Crippen LogP contribution >= 0.6 is 23.1 Å². The highest BCUT2D eigenvalue weighted by Crippen LogP contribution is 2.37. The van der Waals surface area contributed by atoms with Crippen LogP contribution in [-0.2, 0) is 14.8 Å². The first-order valence-electron chi connectivity index (χ1n) is 7.86. The number of rotatable bonds is 4. The van der Waals surface area contributed by atoms with Gasteiger partial charge in [-0.3, -0.25) is 0 Å². The number of benzene rings is 1. The first kappa shape index (κ1) is 18.4. The molecule has 134 valence electrons. The molecule has 8 heteroatoms. The van der Waals surface area contributed by atoms with Gasteiger partial charge in [0.05, 0.1) is 17.6 Å². The number of carbonyl (C=O) groups excluding carboxylic acids is 1. The van der Waals surface area contributed by atoms with Gasteiger partial charge >= 0.3 is 5.97 Å². The maximum atomic E-state index is 12.9. The van der Waals surface area contributed by atoms with E-state index in [4.69, 9.17) is 0 Å². The van der Waals surface area contributed by atoms with Gasteiger partial charge in [-0.15, -0.1) is 11.3 Å². The Labute approximate surface area is 156 Å². The van der Waals surface area contributed by atoms with Crippen LogP contribution in [0.3, 0.4) is 0 Å². The molecule has 2 heterocycles. The highest BCUT2D eigenvalue weighted by atomic mass is 32.2. The molecule has 0 unspecified atom stereocenters. The molecule has 1 aromatic heterocycles. The Morgan fingerprint density at radius 2 is 1.96 bits per heavy atom. The molecule has 0 N–H and O–H groups in total. The van der Waals surface area contributed by atoms with E-state index in [0.29, 0.717) is 23.9 Å². The number of hydrogen-bond donors (Lipinski definition) is 0. The first-order chi connectivity index (χ1) is 12.0. The SMILES string of the molecule is COC(=O)c1ccc(S(=O)(=O)N2CCS[C@H](c3cccs3)CC2)cc1. The Morgan fingerprint density at radius 1 is 1.20 bits per heavy atom.